The van der Waals surface area contributed by atoms with Gasteiger partial charge in [0, 0.05) is 0 Å². The molecule has 20 heavy (non-hydrogen) atoms. The third kappa shape index (κ3) is 5.23. The van der Waals surface area contributed by atoms with Gasteiger partial charge in [-0.25, -0.2) is 0 Å². The Morgan fingerprint density at radius 1 is 1.30 bits per heavy atom. The fourth-order valence-corrected chi connectivity index (χ4v) is 2.62. The summed E-state index contributed by atoms with van der Waals surface area (Å²) in [6.45, 7) is 8.88. The molecule has 0 amide bonds. The maximum Gasteiger partial charge on any atom is 0.0617 e. The van der Waals surface area contributed by atoms with Gasteiger partial charge in [-0.2, -0.15) is 0 Å². The van der Waals surface area contributed by atoms with Gasteiger partial charge in [-0.15, -0.1) is 0 Å². The van der Waals surface area contributed by atoms with Crippen LogP contribution in [0.15, 0.2) is 47.1 Å². The molecular formula is C19H26O. The topological polar surface area (TPSA) is 20.2 Å². The molecule has 1 N–H and O–H groups in total. The van der Waals surface area contributed by atoms with E-state index in [1.54, 1.807) is 6.08 Å². The van der Waals surface area contributed by atoms with E-state index in [-0.39, 0.29) is 12.0 Å². The van der Waals surface area contributed by atoms with Crippen molar-refractivity contribution in [2.24, 2.45) is 5.41 Å². The van der Waals surface area contributed by atoms with Gasteiger partial charge in [-0.3, -0.25) is 0 Å². The maximum atomic E-state index is 8.73. The van der Waals surface area contributed by atoms with Crippen molar-refractivity contribution in [2.75, 3.05) is 6.61 Å². The molecule has 0 unspecified atom stereocenters. The SMILES string of the molecule is CC1=C(/C=C/C#C/C=C/C(C)=C\CO)C(C)(C)CCC1. The normalized spacial score (nSPS) is 19.6. The smallest absolute Gasteiger partial charge is 0.0617 e. The number of aliphatic hydroxyl groups is 1. The van der Waals surface area contributed by atoms with Gasteiger partial charge in [-0.05, 0) is 56.3 Å². The van der Waals surface area contributed by atoms with Crippen molar-refractivity contribution in [1.29, 1.82) is 0 Å². The van der Waals surface area contributed by atoms with Crippen molar-refractivity contribution in [3.8, 4) is 11.8 Å². The highest BCUT2D eigenvalue weighted by Crippen LogP contribution is 2.40. The van der Waals surface area contributed by atoms with E-state index < -0.39 is 0 Å². The molecule has 1 nitrogen and oxygen atoms in total. The Bertz CT molecular complexity index is 502. The van der Waals surface area contributed by atoms with Crippen LogP contribution in [0.25, 0.3) is 0 Å². The van der Waals surface area contributed by atoms with Crippen molar-refractivity contribution in [1.82, 2.24) is 0 Å². The van der Waals surface area contributed by atoms with E-state index in [1.165, 1.54) is 30.4 Å². The highest BCUT2D eigenvalue weighted by Gasteiger charge is 2.26. The van der Waals surface area contributed by atoms with Gasteiger partial charge >= 0.3 is 0 Å². The Hall–Kier alpha value is -1.52. The van der Waals surface area contributed by atoms with Gasteiger partial charge in [-0.1, -0.05) is 55.1 Å². The number of aliphatic hydroxyl groups excluding tert-OH is 1. The molecule has 108 valence electrons. The lowest BCUT2D eigenvalue weighted by Crippen LogP contribution is -2.18. The van der Waals surface area contributed by atoms with Gasteiger partial charge in [0.2, 0.25) is 0 Å². The van der Waals surface area contributed by atoms with Gasteiger partial charge in [0.1, 0.15) is 0 Å². The van der Waals surface area contributed by atoms with Crippen molar-refractivity contribution < 1.29 is 5.11 Å². The van der Waals surface area contributed by atoms with Gasteiger partial charge in [0.15, 0.2) is 0 Å². The van der Waals surface area contributed by atoms with E-state index in [0.717, 1.165) is 5.57 Å². The zero-order valence-corrected chi connectivity index (χ0v) is 13.2. The second-order valence-corrected chi connectivity index (χ2v) is 6.02. The number of allylic oxidation sites excluding steroid dienone is 7. The van der Waals surface area contributed by atoms with Crippen LogP contribution in [0.5, 0.6) is 0 Å². The molecule has 0 aliphatic heterocycles. The zero-order valence-electron chi connectivity index (χ0n) is 13.2. The standard InChI is InChI=1S/C19H26O/c1-16(13-15-20)10-7-5-6-8-12-18-17(2)11-9-14-19(18,3)4/h7-8,10,12-13,20H,9,11,14-15H2,1-4H3/b10-7+,12-8+,16-13-. The first kappa shape index (κ1) is 16.5. The van der Waals surface area contributed by atoms with Crippen LogP contribution in [0.2, 0.25) is 0 Å². The molecule has 0 heterocycles. The molecule has 1 rings (SSSR count). The second-order valence-electron chi connectivity index (χ2n) is 6.02. The van der Waals surface area contributed by atoms with Crippen molar-refractivity contribution >= 4 is 0 Å². The summed E-state index contributed by atoms with van der Waals surface area (Å²) < 4.78 is 0. The van der Waals surface area contributed by atoms with Crippen LogP contribution >= 0.6 is 0 Å². The summed E-state index contributed by atoms with van der Waals surface area (Å²) in [6, 6.07) is 0. The van der Waals surface area contributed by atoms with E-state index in [4.69, 9.17) is 5.11 Å². The lowest BCUT2D eigenvalue weighted by molar-refractivity contribution is 0.342. The first-order chi connectivity index (χ1) is 9.47. The van der Waals surface area contributed by atoms with Crippen molar-refractivity contribution in [3.63, 3.8) is 0 Å². The average molecular weight is 270 g/mol. The minimum atomic E-state index is 0.0754. The fourth-order valence-electron chi connectivity index (χ4n) is 2.62. The average Bonchev–Trinajstić information content (AvgIpc) is 2.36. The summed E-state index contributed by atoms with van der Waals surface area (Å²) in [4.78, 5) is 0. The number of hydrogen-bond acceptors (Lipinski definition) is 1. The summed E-state index contributed by atoms with van der Waals surface area (Å²) in [6.07, 6.45) is 13.4. The highest BCUT2D eigenvalue weighted by molar-refractivity contribution is 5.37. The minimum Gasteiger partial charge on any atom is -0.392 e. The van der Waals surface area contributed by atoms with Crippen molar-refractivity contribution in [2.45, 2.75) is 47.0 Å². The molecule has 0 aromatic rings. The molecule has 0 bridgehead atoms. The summed E-state index contributed by atoms with van der Waals surface area (Å²) in [5, 5.41) is 8.73. The quantitative estimate of drug-likeness (QED) is 0.588. The predicted octanol–water partition coefficient (Wildman–Crippen LogP) is 4.57. The molecule has 1 aliphatic rings. The molecule has 0 fully saturated rings. The van der Waals surface area contributed by atoms with Crippen LogP contribution in [0.3, 0.4) is 0 Å². The van der Waals surface area contributed by atoms with E-state index in [9.17, 15) is 0 Å². The monoisotopic (exact) mass is 270 g/mol. The van der Waals surface area contributed by atoms with Crippen LogP contribution in [0.4, 0.5) is 0 Å². The van der Waals surface area contributed by atoms with Crippen LogP contribution in [0, 0.1) is 17.3 Å². The van der Waals surface area contributed by atoms with Gasteiger partial charge in [0.25, 0.3) is 0 Å². The largest absolute Gasteiger partial charge is 0.392 e. The summed E-state index contributed by atoms with van der Waals surface area (Å²) in [5.41, 5.74) is 4.24. The molecule has 0 spiro atoms. The maximum absolute atomic E-state index is 8.73. The van der Waals surface area contributed by atoms with Crippen LogP contribution < -0.4 is 0 Å². The Labute approximate surface area is 123 Å². The lowest BCUT2D eigenvalue weighted by Gasteiger charge is -2.32. The summed E-state index contributed by atoms with van der Waals surface area (Å²) >= 11 is 0. The van der Waals surface area contributed by atoms with Gasteiger partial charge < -0.3 is 5.11 Å². The molecule has 0 radical (unpaired) electrons. The molecule has 0 aromatic carbocycles. The molecule has 1 heteroatoms. The highest BCUT2D eigenvalue weighted by atomic mass is 16.2. The van der Waals surface area contributed by atoms with Crippen molar-refractivity contribution in [3.05, 3.63) is 47.1 Å². The molecular weight excluding hydrogens is 244 g/mol. The van der Waals surface area contributed by atoms with Gasteiger partial charge in [0.05, 0.1) is 6.61 Å². The Kier molecular flexibility index (Phi) is 6.55. The summed E-state index contributed by atoms with van der Waals surface area (Å²) in [7, 11) is 0. The molecule has 1 aliphatic carbocycles. The lowest BCUT2D eigenvalue weighted by atomic mass is 9.73. The molecule has 0 saturated carbocycles. The number of rotatable bonds is 3. The van der Waals surface area contributed by atoms with E-state index in [2.05, 4.69) is 38.7 Å². The third-order valence-corrected chi connectivity index (χ3v) is 3.80. The number of hydrogen-bond donors (Lipinski definition) is 1. The fraction of sp³-hybridized carbons (Fsp3) is 0.474. The zero-order chi connectivity index (χ0) is 15.0. The third-order valence-electron chi connectivity index (χ3n) is 3.80. The molecule has 0 saturated heterocycles. The second kappa shape index (κ2) is 7.92. The first-order valence-electron chi connectivity index (χ1n) is 7.29. The van der Waals surface area contributed by atoms with E-state index >= 15 is 0 Å². The molecule has 0 atom stereocenters. The van der Waals surface area contributed by atoms with Crippen LogP contribution in [-0.4, -0.2) is 11.7 Å². The predicted molar refractivity (Wildman–Crippen MR) is 87.2 cm³/mol. The minimum absolute atomic E-state index is 0.0754. The van der Waals surface area contributed by atoms with Crippen LogP contribution in [0.1, 0.15) is 47.0 Å². The van der Waals surface area contributed by atoms with E-state index in [0.29, 0.717) is 0 Å². The molecule has 0 aromatic heterocycles. The Morgan fingerprint density at radius 3 is 2.65 bits per heavy atom. The van der Waals surface area contributed by atoms with E-state index in [1.807, 2.05) is 25.2 Å². The first-order valence-corrected chi connectivity index (χ1v) is 7.29. The van der Waals surface area contributed by atoms with Crippen LogP contribution in [-0.2, 0) is 0 Å². The Morgan fingerprint density at radius 2 is 2.00 bits per heavy atom. The Balaban J connectivity index is 2.68. The summed E-state index contributed by atoms with van der Waals surface area (Å²) in [5.74, 6) is 6.04.